The van der Waals surface area contributed by atoms with E-state index in [4.69, 9.17) is 10.5 Å². The molecule has 3 unspecified atom stereocenters. The van der Waals surface area contributed by atoms with Gasteiger partial charge in [0.05, 0.1) is 6.10 Å². The molecule has 1 aromatic carbocycles. The molecule has 1 fully saturated rings. The summed E-state index contributed by atoms with van der Waals surface area (Å²) in [6.07, 6.45) is 2.68. The van der Waals surface area contributed by atoms with Crippen LogP contribution in [-0.4, -0.2) is 25.2 Å². The van der Waals surface area contributed by atoms with Crippen LogP contribution >= 0.6 is 0 Å². The molecule has 0 spiro atoms. The fraction of sp³-hybridized carbons (Fsp3) is 0.632. The van der Waals surface area contributed by atoms with E-state index in [1.54, 1.807) is 0 Å². The predicted molar refractivity (Wildman–Crippen MR) is 92.9 cm³/mol. The second-order valence-electron chi connectivity index (χ2n) is 7.59. The molecule has 1 aliphatic heterocycles. The molecule has 1 saturated heterocycles. The standard InChI is InChI=1S/C19H30N2O2/c1-19(2,3)18-15(10-7-11-23-18)13-21-17(22)12-16(20)14-8-5-4-6-9-14/h4-6,8-9,15-16,18H,7,10-13,20H2,1-3H3,(H,21,22). The van der Waals surface area contributed by atoms with Crippen molar-refractivity contribution in [3.8, 4) is 0 Å². The Hall–Kier alpha value is -1.39. The summed E-state index contributed by atoms with van der Waals surface area (Å²) >= 11 is 0. The molecule has 4 heteroatoms. The topological polar surface area (TPSA) is 64.3 Å². The Morgan fingerprint density at radius 1 is 1.35 bits per heavy atom. The minimum absolute atomic E-state index is 0.0135. The number of hydrogen-bond acceptors (Lipinski definition) is 3. The average molecular weight is 318 g/mol. The quantitative estimate of drug-likeness (QED) is 0.877. The van der Waals surface area contributed by atoms with Gasteiger partial charge in [-0.2, -0.15) is 0 Å². The molecule has 3 N–H and O–H groups in total. The number of hydrogen-bond donors (Lipinski definition) is 2. The number of rotatable bonds is 5. The van der Waals surface area contributed by atoms with E-state index in [9.17, 15) is 4.79 Å². The summed E-state index contributed by atoms with van der Waals surface area (Å²) in [5, 5.41) is 3.06. The molecule has 1 heterocycles. The summed E-state index contributed by atoms with van der Waals surface area (Å²) < 4.78 is 5.96. The summed E-state index contributed by atoms with van der Waals surface area (Å²) in [5.74, 6) is 0.389. The molecule has 4 nitrogen and oxygen atoms in total. The van der Waals surface area contributed by atoms with Crippen molar-refractivity contribution >= 4 is 5.91 Å². The van der Waals surface area contributed by atoms with E-state index in [-0.39, 0.29) is 23.5 Å². The van der Waals surface area contributed by atoms with Crippen molar-refractivity contribution in [3.05, 3.63) is 35.9 Å². The third kappa shape index (κ3) is 5.33. The first-order valence-electron chi connectivity index (χ1n) is 8.57. The average Bonchev–Trinajstić information content (AvgIpc) is 2.53. The first-order chi connectivity index (χ1) is 10.9. The zero-order valence-corrected chi connectivity index (χ0v) is 14.5. The Labute approximate surface area is 139 Å². The van der Waals surface area contributed by atoms with Crippen LogP contribution in [0.5, 0.6) is 0 Å². The van der Waals surface area contributed by atoms with Crippen LogP contribution in [0.2, 0.25) is 0 Å². The van der Waals surface area contributed by atoms with Crippen LogP contribution in [0.1, 0.15) is 51.6 Å². The summed E-state index contributed by atoms with van der Waals surface area (Å²) in [5.41, 5.74) is 7.21. The van der Waals surface area contributed by atoms with Gasteiger partial charge in [-0.05, 0) is 23.8 Å². The lowest BCUT2D eigenvalue weighted by Gasteiger charge is -2.40. The smallest absolute Gasteiger partial charge is 0.221 e. The van der Waals surface area contributed by atoms with E-state index in [0.717, 1.165) is 25.0 Å². The van der Waals surface area contributed by atoms with Gasteiger partial charge in [0.25, 0.3) is 0 Å². The van der Waals surface area contributed by atoms with Crippen molar-refractivity contribution < 1.29 is 9.53 Å². The lowest BCUT2D eigenvalue weighted by Crippen LogP contribution is -2.45. The van der Waals surface area contributed by atoms with E-state index in [1.807, 2.05) is 30.3 Å². The Kier molecular flexibility index (Phi) is 6.19. The lowest BCUT2D eigenvalue weighted by molar-refractivity contribution is -0.123. The molecule has 0 saturated carbocycles. The number of carbonyl (C=O) groups excluding carboxylic acids is 1. The maximum atomic E-state index is 12.2. The second-order valence-corrected chi connectivity index (χ2v) is 7.59. The minimum Gasteiger partial charge on any atom is -0.377 e. The van der Waals surface area contributed by atoms with Gasteiger partial charge in [0, 0.05) is 31.5 Å². The van der Waals surface area contributed by atoms with E-state index in [2.05, 4.69) is 26.1 Å². The Bertz CT molecular complexity index is 496. The number of ether oxygens (including phenoxy) is 1. The maximum Gasteiger partial charge on any atom is 0.221 e. The van der Waals surface area contributed by atoms with Gasteiger partial charge >= 0.3 is 0 Å². The predicted octanol–water partition coefficient (Wildman–Crippen LogP) is 3.03. The summed E-state index contributed by atoms with van der Waals surface area (Å²) in [7, 11) is 0. The van der Waals surface area contributed by atoms with Crippen LogP contribution in [-0.2, 0) is 9.53 Å². The fourth-order valence-electron chi connectivity index (χ4n) is 3.34. The molecule has 0 bridgehead atoms. The Morgan fingerprint density at radius 2 is 2.04 bits per heavy atom. The van der Waals surface area contributed by atoms with Gasteiger partial charge in [-0.25, -0.2) is 0 Å². The van der Waals surface area contributed by atoms with Crippen molar-refractivity contribution in [1.82, 2.24) is 5.32 Å². The number of nitrogens with two attached hydrogens (primary N) is 1. The van der Waals surface area contributed by atoms with Crippen molar-refractivity contribution in [2.24, 2.45) is 17.1 Å². The molecule has 1 aliphatic rings. The van der Waals surface area contributed by atoms with E-state index in [1.165, 1.54) is 0 Å². The van der Waals surface area contributed by atoms with Gasteiger partial charge in [0.15, 0.2) is 0 Å². The van der Waals surface area contributed by atoms with Crippen LogP contribution in [0.25, 0.3) is 0 Å². The highest BCUT2D eigenvalue weighted by Crippen LogP contribution is 2.33. The van der Waals surface area contributed by atoms with Crippen molar-refractivity contribution in [2.75, 3.05) is 13.2 Å². The molecular formula is C19H30N2O2. The zero-order valence-electron chi connectivity index (χ0n) is 14.5. The fourth-order valence-corrected chi connectivity index (χ4v) is 3.34. The number of amides is 1. The van der Waals surface area contributed by atoms with Gasteiger partial charge in [0.1, 0.15) is 0 Å². The largest absolute Gasteiger partial charge is 0.377 e. The summed E-state index contributed by atoms with van der Waals surface area (Å²) in [6.45, 7) is 8.09. The molecule has 1 aromatic rings. The Morgan fingerprint density at radius 3 is 2.70 bits per heavy atom. The molecule has 0 aromatic heterocycles. The molecule has 128 valence electrons. The van der Waals surface area contributed by atoms with Gasteiger partial charge in [0.2, 0.25) is 5.91 Å². The third-order valence-electron chi connectivity index (χ3n) is 4.49. The van der Waals surface area contributed by atoms with Crippen LogP contribution in [0.3, 0.4) is 0 Å². The normalized spacial score (nSPS) is 23.3. The molecule has 2 rings (SSSR count). The maximum absolute atomic E-state index is 12.2. The first-order valence-corrected chi connectivity index (χ1v) is 8.57. The third-order valence-corrected chi connectivity index (χ3v) is 4.49. The van der Waals surface area contributed by atoms with Crippen LogP contribution < -0.4 is 11.1 Å². The Balaban J connectivity index is 1.83. The summed E-state index contributed by atoms with van der Waals surface area (Å²) in [6, 6.07) is 9.51. The SMILES string of the molecule is CC(C)(C)C1OCCCC1CNC(=O)CC(N)c1ccccc1. The summed E-state index contributed by atoms with van der Waals surface area (Å²) in [4.78, 5) is 12.2. The molecule has 1 amide bonds. The van der Waals surface area contributed by atoms with Gasteiger partial charge in [-0.1, -0.05) is 51.1 Å². The van der Waals surface area contributed by atoms with Crippen LogP contribution in [0.4, 0.5) is 0 Å². The molecule has 0 aliphatic carbocycles. The van der Waals surface area contributed by atoms with Gasteiger partial charge in [-0.3, -0.25) is 4.79 Å². The second kappa shape index (κ2) is 7.93. The van der Waals surface area contributed by atoms with Gasteiger partial charge < -0.3 is 15.8 Å². The minimum atomic E-state index is -0.253. The molecule has 0 radical (unpaired) electrons. The van der Waals surface area contributed by atoms with E-state index in [0.29, 0.717) is 18.9 Å². The number of carbonyl (C=O) groups is 1. The van der Waals surface area contributed by atoms with Crippen molar-refractivity contribution in [2.45, 2.75) is 52.2 Å². The molecular weight excluding hydrogens is 288 g/mol. The number of benzene rings is 1. The highest BCUT2D eigenvalue weighted by Gasteiger charge is 2.35. The highest BCUT2D eigenvalue weighted by molar-refractivity contribution is 5.76. The van der Waals surface area contributed by atoms with Gasteiger partial charge in [-0.15, -0.1) is 0 Å². The van der Waals surface area contributed by atoms with Crippen molar-refractivity contribution in [3.63, 3.8) is 0 Å². The molecule has 23 heavy (non-hydrogen) atoms. The van der Waals surface area contributed by atoms with Crippen LogP contribution in [0.15, 0.2) is 30.3 Å². The molecule has 3 atom stereocenters. The first kappa shape index (κ1) is 18.0. The van der Waals surface area contributed by atoms with Crippen molar-refractivity contribution in [1.29, 1.82) is 0 Å². The van der Waals surface area contributed by atoms with E-state index >= 15 is 0 Å². The monoisotopic (exact) mass is 318 g/mol. The number of nitrogens with one attached hydrogen (secondary N) is 1. The van der Waals surface area contributed by atoms with Crippen LogP contribution in [0, 0.1) is 11.3 Å². The lowest BCUT2D eigenvalue weighted by atomic mass is 9.78. The highest BCUT2D eigenvalue weighted by atomic mass is 16.5. The van der Waals surface area contributed by atoms with E-state index < -0.39 is 0 Å². The zero-order chi connectivity index (χ0) is 16.9.